The highest BCUT2D eigenvalue weighted by atomic mass is 35.5. The average Bonchev–Trinajstić information content (AvgIpc) is 2.33. The molecule has 3 heteroatoms. The number of benzene rings is 2. The highest BCUT2D eigenvalue weighted by Crippen LogP contribution is 2.35. The third-order valence-electron chi connectivity index (χ3n) is 2.79. The van der Waals surface area contributed by atoms with Gasteiger partial charge in [0, 0.05) is 15.6 Å². The van der Waals surface area contributed by atoms with Gasteiger partial charge in [-0.3, -0.25) is 0 Å². The van der Waals surface area contributed by atoms with E-state index >= 15 is 0 Å². The molecule has 0 amide bonds. The van der Waals surface area contributed by atoms with Crippen LogP contribution in [0.15, 0.2) is 48.5 Å². The topological polar surface area (TPSA) is 20.2 Å². The molecule has 0 saturated heterocycles. The number of hydrogen-bond acceptors (Lipinski definition) is 1. The Kier molecular flexibility index (Phi) is 3.43. The quantitative estimate of drug-likeness (QED) is 0.862. The van der Waals surface area contributed by atoms with Gasteiger partial charge < -0.3 is 5.11 Å². The van der Waals surface area contributed by atoms with Gasteiger partial charge in [0.05, 0.1) is 0 Å². The van der Waals surface area contributed by atoms with E-state index in [9.17, 15) is 5.11 Å². The van der Waals surface area contributed by atoms with Crippen LogP contribution in [0.3, 0.4) is 0 Å². The van der Waals surface area contributed by atoms with E-state index in [1.54, 1.807) is 25.1 Å². The van der Waals surface area contributed by atoms with Crippen molar-refractivity contribution in [2.75, 3.05) is 0 Å². The van der Waals surface area contributed by atoms with Crippen molar-refractivity contribution in [1.82, 2.24) is 0 Å². The monoisotopic (exact) mass is 266 g/mol. The maximum Gasteiger partial charge on any atom is 0.113 e. The third-order valence-corrected chi connectivity index (χ3v) is 3.35. The van der Waals surface area contributed by atoms with Gasteiger partial charge in [-0.15, -0.1) is 0 Å². The van der Waals surface area contributed by atoms with Crippen molar-refractivity contribution in [3.63, 3.8) is 0 Å². The van der Waals surface area contributed by atoms with E-state index in [4.69, 9.17) is 23.2 Å². The second kappa shape index (κ2) is 4.69. The molecular formula is C14H12Cl2O. The molecule has 0 aromatic heterocycles. The summed E-state index contributed by atoms with van der Waals surface area (Å²) >= 11 is 12.1. The second-order valence-corrected chi connectivity index (χ2v) is 4.91. The lowest BCUT2D eigenvalue weighted by Gasteiger charge is -2.25. The molecule has 0 fully saturated rings. The highest BCUT2D eigenvalue weighted by Gasteiger charge is 2.27. The van der Waals surface area contributed by atoms with Gasteiger partial charge in [-0.05, 0) is 30.7 Å². The van der Waals surface area contributed by atoms with E-state index in [1.165, 1.54) is 0 Å². The van der Waals surface area contributed by atoms with Gasteiger partial charge in [-0.2, -0.15) is 0 Å². The lowest BCUT2D eigenvalue weighted by Crippen LogP contribution is -2.23. The molecule has 0 spiro atoms. The Balaban J connectivity index is 2.55. The SMILES string of the molecule is CC(O)(c1ccccc1)c1cc(Cl)ccc1Cl. The van der Waals surface area contributed by atoms with Crippen LogP contribution in [0.2, 0.25) is 10.0 Å². The summed E-state index contributed by atoms with van der Waals surface area (Å²) in [6, 6.07) is 14.5. The number of aliphatic hydroxyl groups is 1. The highest BCUT2D eigenvalue weighted by molar-refractivity contribution is 6.33. The van der Waals surface area contributed by atoms with Crippen molar-refractivity contribution in [3.05, 3.63) is 69.7 Å². The van der Waals surface area contributed by atoms with Gasteiger partial charge >= 0.3 is 0 Å². The van der Waals surface area contributed by atoms with Crippen LogP contribution >= 0.6 is 23.2 Å². The normalized spacial score (nSPS) is 14.4. The van der Waals surface area contributed by atoms with Gasteiger partial charge in [-0.25, -0.2) is 0 Å². The maximum atomic E-state index is 10.6. The molecule has 0 bridgehead atoms. The fraction of sp³-hybridized carbons (Fsp3) is 0.143. The van der Waals surface area contributed by atoms with Crippen LogP contribution in [-0.4, -0.2) is 5.11 Å². The van der Waals surface area contributed by atoms with Crippen LogP contribution in [0.4, 0.5) is 0 Å². The fourth-order valence-electron chi connectivity index (χ4n) is 1.79. The zero-order chi connectivity index (χ0) is 12.5. The van der Waals surface area contributed by atoms with Crippen molar-refractivity contribution in [1.29, 1.82) is 0 Å². The molecule has 0 heterocycles. The summed E-state index contributed by atoms with van der Waals surface area (Å²) in [5, 5.41) is 11.7. The summed E-state index contributed by atoms with van der Waals surface area (Å²) in [7, 11) is 0. The molecule has 88 valence electrons. The van der Waals surface area contributed by atoms with Crippen LogP contribution in [0, 0.1) is 0 Å². The Morgan fingerprint density at radius 3 is 2.29 bits per heavy atom. The lowest BCUT2D eigenvalue weighted by molar-refractivity contribution is 0.102. The molecule has 0 saturated carbocycles. The molecular weight excluding hydrogens is 255 g/mol. The Morgan fingerprint density at radius 1 is 1.00 bits per heavy atom. The standard InChI is InChI=1S/C14H12Cl2O/c1-14(17,10-5-3-2-4-6-10)12-9-11(15)7-8-13(12)16/h2-9,17H,1H3. The summed E-state index contributed by atoms with van der Waals surface area (Å²) in [5.41, 5.74) is 0.241. The molecule has 1 nitrogen and oxygen atoms in total. The number of hydrogen-bond donors (Lipinski definition) is 1. The molecule has 2 aromatic carbocycles. The number of halogens is 2. The van der Waals surface area contributed by atoms with Crippen LogP contribution in [0.25, 0.3) is 0 Å². The van der Waals surface area contributed by atoms with Crippen molar-refractivity contribution in [2.24, 2.45) is 0 Å². The Labute approximate surface area is 111 Å². The van der Waals surface area contributed by atoms with Crippen LogP contribution in [-0.2, 0) is 5.60 Å². The van der Waals surface area contributed by atoms with E-state index < -0.39 is 5.60 Å². The van der Waals surface area contributed by atoms with E-state index in [2.05, 4.69) is 0 Å². The van der Waals surface area contributed by atoms with Gasteiger partial charge in [0.15, 0.2) is 0 Å². The maximum absolute atomic E-state index is 10.6. The summed E-state index contributed by atoms with van der Waals surface area (Å²) < 4.78 is 0. The molecule has 0 radical (unpaired) electrons. The van der Waals surface area contributed by atoms with Crippen LogP contribution in [0.5, 0.6) is 0 Å². The van der Waals surface area contributed by atoms with Gasteiger partial charge in [-0.1, -0.05) is 53.5 Å². The van der Waals surface area contributed by atoms with E-state index in [-0.39, 0.29) is 0 Å². The zero-order valence-electron chi connectivity index (χ0n) is 9.32. The zero-order valence-corrected chi connectivity index (χ0v) is 10.8. The van der Waals surface area contributed by atoms with E-state index in [0.717, 1.165) is 5.56 Å². The minimum absolute atomic E-state index is 0.503. The first-order valence-corrected chi connectivity index (χ1v) is 6.01. The van der Waals surface area contributed by atoms with Gasteiger partial charge in [0.2, 0.25) is 0 Å². The average molecular weight is 267 g/mol. The second-order valence-electron chi connectivity index (χ2n) is 4.06. The van der Waals surface area contributed by atoms with Crippen LogP contribution < -0.4 is 0 Å². The molecule has 1 N–H and O–H groups in total. The smallest absolute Gasteiger partial charge is 0.113 e. The predicted octanol–water partition coefficient (Wildman–Crippen LogP) is 4.25. The first-order chi connectivity index (χ1) is 8.01. The van der Waals surface area contributed by atoms with Gasteiger partial charge in [0.1, 0.15) is 5.60 Å². The van der Waals surface area contributed by atoms with Crippen molar-refractivity contribution >= 4 is 23.2 Å². The molecule has 1 unspecified atom stereocenters. The lowest BCUT2D eigenvalue weighted by atomic mass is 9.88. The number of rotatable bonds is 2. The van der Waals surface area contributed by atoms with Crippen molar-refractivity contribution in [2.45, 2.75) is 12.5 Å². The molecule has 0 aliphatic heterocycles. The Hall–Kier alpha value is -1.02. The molecule has 2 rings (SSSR count). The molecule has 1 atom stereocenters. The summed E-state index contributed by atoms with van der Waals surface area (Å²) in [6.07, 6.45) is 0. The van der Waals surface area contributed by atoms with E-state index in [1.807, 2.05) is 30.3 Å². The van der Waals surface area contributed by atoms with Gasteiger partial charge in [0.25, 0.3) is 0 Å². The summed E-state index contributed by atoms with van der Waals surface area (Å²) in [4.78, 5) is 0. The van der Waals surface area contributed by atoms with Crippen molar-refractivity contribution < 1.29 is 5.11 Å². The third kappa shape index (κ3) is 2.47. The Morgan fingerprint density at radius 2 is 1.65 bits per heavy atom. The fourth-order valence-corrected chi connectivity index (χ4v) is 2.26. The first kappa shape index (κ1) is 12.4. The first-order valence-electron chi connectivity index (χ1n) is 5.25. The predicted molar refractivity (Wildman–Crippen MR) is 71.6 cm³/mol. The molecule has 17 heavy (non-hydrogen) atoms. The van der Waals surface area contributed by atoms with Crippen molar-refractivity contribution in [3.8, 4) is 0 Å². The molecule has 2 aromatic rings. The van der Waals surface area contributed by atoms with E-state index in [0.29, 0.717) is 15.6 Å². The molecule has 0 aliphatic carbocycles. The molecule has 0 aliphatic rings. The Bertz CT molecular complexity index is 521. The summed E-state index contributed by atoms with van der Waals surface area (Å²) in [6.45, 7) is 1.71. The minimum atomic E-state index is -1.15. The summed E-state index contributed by atoms with van der Waals surface area (Å²) in [5.74, 6) is 0. The van der Waals surface area contributed by atoms with Crippen LogP contribution in [0.1, 0.15) is 18.1 Å². The minimum Gasteiger partial charge on any atom is -0.381 e. The largest absolute Gasteiger partial charge is 0.381 e.